The predicted octanol–water partition coefficient (Wildman–Crippen LogP) is 2.82. The van der Waals surface area contributed by atoms with E-state index in [1.54, 1.807) is 10.7 Å². The lowest BCUT2D eigenvalue weighted by Gasteiger charge is -2.21. The smallest absolute Gasteiger partial charge is 0.256 e. The van der Waals surface area contributed by atoms with Gasteiger partial charge in [-0.3, -0.25) is 4.79 Å². The third kappa shape index (κ3) is 3.93. The number of hydrogen-bond acceptors (Lipinski definition) is 4. The molecular weight excluding hydrogens is 304 g/mol. The number of ether oxygens (including phenoxy) is 1. The van der Waals surface area contributed by atoms with Gasteiger partial charge < -0.3 is 10.1 Å². The molecule has 3 rings (SSSR count). The molecule has 0 atom stereocenters. The van der Waals surface area contributed by atoms with Gasteiger partial charge in [0.25, 0.3) is 5.91 Å². The highest BCUT2D eigenvalue weighted by atomic mass is 16.5. The van der Waals surface area contributed by atoms with Crippen LogP contribution in [0.25, 0.3) is 5.65 Å². The van der Waals surface area contributed by atoms with E-state index in [1.165, 1.54) is 32.1 Å². The lowest BCUT2D eigenvalue weighted by atomic mass is 9.98. The van der Waals surface area contributed by atoms with Crippen molar-refractivity contribution in [2.45, 2.75) is 58.5 Å². The van der Waals surface area contributed by atoms with E-state index in [4.69, 9.17) is 4.74 Å². The van der Waals surface area contributed by atoms with E-state index in [2.05, 4.69) is 15.4 Å². The van der Waals surface area contributed by atoms with E-state index in [-0.39, 0.29) is 5.91 Å². The van der Waals surface area contributed by atoms with Gasteiger partial charge in [-0.25, -0.2) is 9.50 Å². The van der Waals surface area contributed by atoms with Crippen LogP contribution in [0, 0.1) is 13.8 Å². The molecule has 0 spiro atoms. The van der Waals surface area contributed by atoms with Gasteiger partial charge in [0.1, 0.15) is 5.56 Å². The van der Waals surface area contributed by atoms with Crippen molar-refractivity contribution in [3.05, 3.63) is 29.2 Å². The molecule has 1 aliphatic rings. The summed E-state index contributed by atoms with van der Waals surface area (Å²) >= 11 is 0. The number of nitrogens with zero attached hydrogens (tertiary/aromatic N) is 3. The SMILES string of the molecule is Cc1cc(C)n2ncc(C(=O)NCCCOC3CCCCC3)c2n1. The molecule has 2 aromatic rings. The predicted molar refractivity (Wildman–Crippen MR) is 92.2 cm³/mol. The number of fused-ring (bicyclic) bond motifs is 1. The summed E-state index contributed by atoms with van der Waals surface area (Å²) in [7, 11) is 0. The highest BCUT2D eigenvalue weighted by Crippen LogP contribution is 2.20. The maximum Gasteiger partial charge on any atom is 0.256 e. The van der Waals surface area contributed by atoms with Gasteiger partial charge in [0.2, 0.25) is 0 Å². The Morgan fingerprint density at radius 3 is 2.92 bits per heavy atom. The van der Waals surface area contributed by atoms with Crippen LogP contribution >= 0.6 is 0 Å². The average molecular weight is 330 g/mol. The van der Waals surface area contributed by atoms with Crippen LogP contribution < -0.4 is 5.32 Å². The first-order valence-electron chi connectivity index (χ1n) is 8.87. The fourth-order valence-electron chi connectivity index (χ4n) is 3.28. The molecule has 2 heterocycles. The van der Waals surface area contributed by atoms with E-state index in [0.29, 0.717) is 30.5 Å². The van der Waals surface area contributed by atoms with Crippen molar-refractivity contribution in [3.63, 3.8) is 0 Å². The van der Waals surface area contributed by atoms with Gasteiger partial charge in [-0.1, -0.05) is 19.3 Å². The molecule has 1 amide bonds. The van der Waals surface area contributed by atoms with E-state index < -0.39 is 0 Å². The van der Waals surface area contributed by atoms with E-state index in [0.717, 1.165) is 17.8 Å². The summed E-state index contributed by atoms with van der Waals surface area (Å²) in [5.74, 6) is -0.125. The number of carbonyl (C=O) groups is 1. The molecule has 0 saturated heterocycles. The van der Waals surface area contributed by atoms with Crippen LogP contribution in [-0.4, -0.2) is 39.8 Å². The molecule has 1 N–H and O–H groups in total. The molecule has 0 unspecified atom stereocenters. The molecule has 0 radical (unpaired) electrons. The number of carbonyl (C=O) groups excluding carboxylic acids is 1. The minimum Gasteiger partial charge on any atom is -0.378 e. The average Bonchev–Trinajstić information content (AvgIpc) is 2.99. The Bertz CT molecular complexity index is 704. The van der Waals surface area contributed by atoms with Crippen molar-refractivity contribution >= 4 is 11.6 Å². The zero-order valence-electron chi connectivity index (χ0n) is 14.5. The van der Waals surface area contributed by atoms with Crippen LogP contribution in [0.5, 0.6) is 0 Å². The molecule has 1 aliphatic carbocycles. The first-order chi connectivity index (χ1) is 11.6. The summed E-state index contributed by atoms with van der Waals surface area (Å²) in [5, 5.41) is 7.20. The first-order valence-corrected chi connectivity index (χ1v) is 8.87. The highest BCUT2D eigenvalue weighted by molar-refractivity contribution is 5.99. The molecular formula is C18H26N4O2. The lowest BCUT2D eigenvalue weighted by Crippen LogP contribution is -2.26. The van der Waals surface area contributed by atoms with E-state index >= 15 is 0 Å². The Morgan fingerprint density at radius 1 is 1.33 bits per heavy atom. The number of aryl methyl sites for hydroxylation is 2. The Balaban J connectivity index is 1.48. The zero-order chi connectivity index (χ0) is 16.9. The Morgan fingerprint density at radius 2 is 2.12 bits per heavy atom. The molecule has 0 aliphatic heterocycles. The van der Waals surface area contributed by atoms with Gasteiger partial charge >= 0.3 is 0 Å². The van der Waals surface area contributed by atoms with Gasteiger partial charge in [-0.15, -0.1) is 0 Å². The van der Waals surface area contributed by atoms with E-state index in [9.17, 15) is 4.79 Å². The molecule has 6 nitrogen and oxygen atoms in total. The van der Waals surface area contributed by atoms with E-state index in [1.807, 2.05) is 19.9 Å². The molecule has 2 aromatic heterocycles. The quantitative estimate of drug-likeness (QED) is 0.827. The van der Waals surface area contributed by atoms with Gasteiger partial charge in [-0.2, -0.15) is 5.10 Å². The second-order valence-electron chi connectivity index (χ2n) is 6.57. The number of nitrogens with one attached hydrogen (secondary N) is 1. The van der Waals surface area contributed by atoms with Crippen LogP contribution in [0.3, 0.4) is 0 Å². The van der Waals surface area contributed by atoms with Gasteiger partial charge in [0.05, 0.1) is 12.3 Å². The van der Waals surface area contributed by atoms with Crippen molar-refractivity contribution in [1.29, 1.82) is 0 Å². The van der Waals surface area contributed by atoms with Crippen LogP contribution in [0.1, 0.15) is 60.3 Å². The van der Waals surface area contributed by atoms with Gasteiger partial charge in [-0.05, 0) is 39.2 Å². The summed E-state index contributed by atoms with van der Waals surface area (Å²) < 4.78 is 7.58. The van der Waals surface area contributed by atoms with Crippen molar-refractivity contribution < 1.29 is 9.53 Å². The number of hydrogen-bond donors (Lipinski definition) is 1. The summed E-state index contributed by atoms with van der Waals surface area (Å²) in [6.45, 7) is 5.19. The maximum absolute atomic E-state index is 12.4. The standard InChI is InChI=1S/C18H26N4O2/c1-13-11-14(2)22-17(21-13)16(12-20-22)18(23)19-9-6-10-24-15-7-4-3-5-8-15/h11-12,15H,3-10H2,1-2H3,(H,19,23). The second kappa shape index (κ2) is 7.75. The summed E-state index contributed by atoms with van der Waals surface area (Å²) in [6.07, 6.45) is 9.09. The topological polar surface area (TPSA) is 68.5 Å². The van der Waals surface area contributed by atoms with Gasteiger partial charge in [0.15, 0.2) is 5.65 Å². The van der Waals surface area contributed by atoms with Crippen LogP contribution in [-0.2, 0) is 4.74 Å². The van der Waals surface area contributed by atoms with Crippen LogP contribution in [0.4, 0.5) is 0 Å². The Hall–Kier alpha value is -1.95. The maximum atomic E-state index is 12.4. The van der Waals surface area contributed by atoms with Gasteiger partial charge in [0, 0.05) is 24.5 Å². The minimum atomic E-state index is -0.125. The fourth-order valence-corrected chi connectivity index (χ4v) is 3.28. The summed E-state index contributed by atoms with van der Waals surface area (Å²) in [4.78, 5) is 16.8. The van der Waals surface area contributed by atoms with Crippen LogP contribution in [0.15, 0.2) is 12.3 Å². The summed E-state index contributed by atoms with van der Waals surface area (Å²) in [5.41, 5.74) is 2.99. The third-order valence-electron chi connectivity index (χ3n) is 4.53. The third-order valence-corrected chi connectivity index (χ3v) is 4.53. The first kappa shape index (κ1) is 16.9. The zero-order valence-corrected chi connectivity index (χ0v) is 14.5. The Labute approximate surface area is 142 Å². The van der Waals surface area contributed by atoms with Crippen molar-refractivity contribution in [2.24, 2.45) is 0 Å². The highest BCUT2D eigenvalue weighted by Gasteiger charge is 2.16. The molecule has 1 saturated carbocycles. The van der Waals surface area contributed by atoms with Crippen LogP contribution in [0.2, 0.25) is 0 Å². The second-order valence-corrected chi connectivity index (χ2v) is 6.57. The molecule has 0 bridgehead atoms. The normalized spacial score (nSPS) is 15.8. The fraction of sp³-hybridized carbons (Fsp3) is 0.611. The number of rotatable bonds is 6. The molecule has 0 aromatic carbocycles. The Kier molecular flexibility index (Phi) is 5.45. The minimum absolute atomic E-state index is 0.125. The molecule has 6 heteroatoms. The number of aromatic nitrogens is 3. The molecule has 130 valence electrons. The van der Waals surface area contributed by atoms with Crippen molar-refractivity contribution in [2.75, 3.05) is 13.2 Å². The molecule has 24 heavy (non-hydrogen) atoms. The summed E-state index contributed by atoms with van der Waals surface area (Å²) in [6, 6.07) is 1.95. The molecule has 1 fully saturated rings. The monoisotopic (exact) mass is 330 g/mol. The van der Waals surface area contributed by atoms with Crippen molar-refractivity contribution in [3.8, 4) is 0 Å². The lowest BCUT2D eigenvalue weighted by molar-refractivity contribution is 0.0273. The van der Waals surface area contributed by atoms with Crippen molar-refractivity contribution in [1.82, 2.24) is 19.9 Å². The number of amides is 1. The largest absolute Gasteiger partial charge is 0.378 e.